The summed E-state index contributed by atoms with van der Waals surface area (Å²) in [6, 6.07) is 5.48. The van der Waals surface area contributed by atoms with Gasteiger partial charge in [0.15, 0.2) is 0 Å². The molecule has 2 atom stereocenters. The summed E-state index contributed by atoms with van der Waals surface area (Å²) in [6.07, 6.45) is 6.80. The Labute approximate surface area is 111 Å². The van der Waals surface area contributed by atoms with E-state index in [9.17, 15) is 9.90 Å². The Hall–Kier alpha value is -1.88. The third-order valence-corrected chi connectivity index (χ3v) is 3.64. The average Bonchev–Trinajstić information content (AvgIpc) is 2.85. The fourth-order valence-corrected chi connectivity index (χ4v) is 2.57. The predicted molar refractivity (Wildman–Crippen MR) is 70.9 cm³/mol. The molecule has 0 aliphatic heterocycles. The zero-order chi connectivity index (χ0) is 13.2. The molecule has 1 saturated carbocycles. The lowest BCUT2D eigenvalue weighted by Crippen LogP contribution is -2.45. The van der Waals surface area contributed by atoms with Gasteiger partial charge in [0.05, 0.1) is 12.1 Å². The lowest BCUT2D eigenvalue weighted by Gasteiger charge is -2.27. The Morgan fingerprint density at radius 2 is 2.21 bits per heavy atom. The summed E-state index contributed by atoms with van der Waals surface area (Å²) in [5, 5.41) is 12.7. The van der Waals surface area contributed by atoms with Crippen LogP contribution >= 0.6 is 0 Å². The molecule has 2 aromatic heterocycles. The Balaban J connectivity index is 1.76. The van der Waals surface area contributed by atoms with Gasteiger partial charge in [0, 0.05) is 12.4 Å². The van der Waals surface area contributed by atoms with Crippen molar-refractivity contribution in [2.24, 2.45) is 0 Å². The molecule has 2 aromatic rings. The van der Waals surface area contributed by atoms with Gasteiger partial charge in [0.2, 0.25) is 0 Å². The standard InChI is InChI=1S/C14H17N3O2/c18-12-6-2-1-5-10(12)16-14(19)11-9-17-8-4-3-7-13(17)15-11/h3-4,7-10,12,18H,1-2,5-6H2,(H,16,19). The maximum atomic E-state index is 12.1. The first kappa shape index (κ1) is 12.2. The number of fused-ring (bicyclic) bond motifs is 1. The minimum atomic E-state index is -0.435. The molecule has 3 rings (SSSR count). The maximum Gasteiger partial charge on any atom is 0.271 e. The molecule has 1 aliphatic carbocycles. The van der Waals surface area contributed by atoms with Crippen molar-refractivity contribution in [3.63, 3.8) is 0 Å². The van der Waals surface area contributed by atoms with Gasteiger partial charge in [-0.2, -0.15) is 0 Å². The highest BCUT2D eigenvalue weighted by molar-refractivity contribution is 5.93. The number of carbonyl (C=O) groups is 1. The molecule has 1 amide bonds. The lowest BCUT2D eigenvalue weighted by molar-refractivity contribution is 0.0714. The van der Waals surface area contributed by atoms with E-state index in [4.69, 9.17) is 0 Å². The summed E-state index contributed by atoms with van der Waals surface area (Å²) in [4.78, 5) is 16.4. The highest BCUT2D eigenvalue weighted by atomic mass is 16.3. The average molecular weight is 259 g/mol. The van der Waals surface area contributed by atoms with E-state index < -0.39 is 6.10 Å². The molecular formula is C14H17N3O2. The first-order valence-electron chi connectivity index (χ1n) is 6.67. The van der Waals surface area contributed by atoms with Crippen LogP contribution in [-0.4, -0.2) is 32.5 Å². The zero-order valence-electron chi connectivity index (χ0n) is 10.6. The molecule has 0 saturated heterocycles. The van der Waals surface area contributed by atoms with Crippen LogP contribution in [0.2, 0.25) is 0 Å². The smallest absolute Gasteiger partial charge is 0.271 e. The van der Waals surface area contributed by atoms with Crippen molar-refractivity contribution >= 4 is 11.6 Å². The molecule has 0 spiro atoms. The van der Waals surface area contributed by atoms with Crippen LogP contribution in [0.1, 0.15) is 36.2 Å². The molecule has 0 aromatic carbocycles. The summed E-state index contributed by atoms with van der Waals surface area (Å²) in [6.45, 7) is 0. The molecule has 2 N–H and O–H groups in total. The highest BCUT2D eigenvalue weighted by Crippen LogP contribution is 2.18. The third-order valence-electron chi connectivity index (χ3n) is 3.64. The SMILES string of the molecule is O=C(NC1CCCCC1O)c1cn2ccccc2n1. The Kier molecular flexibility index (Phi) is 3.21. The van der Waals surface area contributed by atoms with Gasteiger partial charge < -0.3 is 14.8 Å². The van der Waals surface area contributed by atoms with Crippen LogP contribution in [0.4, 0.5) is 0 Å². The van der Waals surface area contributed by atoms with Crippen molar-refractivity contribution in [3.8, 4) is 0 Å². The molecule has 0 bridgehead atoms. The molecule has 19 heavy (non-hydrogen) atoms. The van der Waals surface area contributed by atoms with Crippen LogP contribution < -0.4 is 5.32 Å². The van der Waals surface area contributed by atoms with Crippen LogP contribution in [0, 0.1) is 0 Å². The topological polar surface area (TPSA) is 66.6 Å². The number of rotatable bonds is 2. The number of aliphatic hydroxyl groups is 1. The summed E-state index contributed by atoms with van der Waals surface area (Å²) in [7, 11) is 0. The summed E-state index contributed by atoms with van der Waals surface area (Å²) in [5.41, 5.74) is 1.14. The van der Waals surface area contributed by atoms with Crippen molar-refractivity contribution in [2.45, 2.75) is 37.8 Å². The zero-order valence-corrected chi connectivity index (χ0v) is 10.6. The molecular weight excluding hydrogens is 242 g/mol. The minimum absolute atomic E-state index is 0.147. The van der Waals surface area contributed by atoms with E-state index in [0.717, 1.165) is 31.3 Å². The van der Waals surface area contributed by atoms with Gasteiger partial charge in [-0.1, -0.05) is 18.9 Å². The van der Waals surface area contributed by atoms with Crippen LogP contribution in [0.5, 0.6) is 0 Å². The first-order chi connectivity index (χ1) is 9.24. The quantitative estimate of drug-likeness (QED) is 0.856. The molecule has 0 radical (unpaired) electrons. The number of pyridine rings is 1. The van der Waals surface area contributed by atoms with Crippen LogP contribution in [0.15, 0.2) is 30.6 Å². The number of aromatic nitrogens is 2. The molecule has 1 fully saturated rings. The second-order valence-electron chi connectivity index (χ2n) is 5.02. The van der Waals surface area contributed by atoms with Crippen LogP contribution in [0.25, 0.3) is 5.65 Å². The minimum Gasteiger partial charge on any atom is -0.391 e. The van der Waals surface area contributed by atoms with Crippen molar-refractivity contribution in [3.05, 3.63) is 36.3 Å². The Bertz CT molecular complexity index is 560. The van der Waals surface area contributed by atoms with E-state index in [0.29, 0.717) is 5.69 Å². The molecule has 100 valence electrons. The molecule has 5 heteroatoms. The van der Waals surface area contributed by atoms with Gasteiger partial charge >= 0.3 is 0 Å². The number of nitrogens with one attached hydrogen (secondary N) is 1. The fourth-order valence-electron chi connectivity index (χ4n) is 2.57. The number of carbonyl (C=O) groups excluding carboxylic acids is 1. The largest absolute Gasteiger partial charge is 0.391 e. The van der Waals surface area contributed by atoms with Gasteiger partial charge in [-0.3, -0.25) is 4.79 Å². The first-order valence-corrected chi connectivity index (χ1v) is 6.67. The predicted octanol–water partition coefficient (Wildman–Crippen LogP) is 1.37. The second kappa shape index (κ2) is 5.01. The molecule has 5 nitrogen and oxygen atoms in total. The monoisotopic (exact) mass is 259 g/mol. The van der Waals surface area contributed by atoms with Gasteiger partial charge in [0.1, 0.15) is 11.3 Å². The second-order valence-corrected chi connectivity index (χ2v) is 5.02. The van der Waals surface area contributed by atoms with E-state index in [1.165, 1.54) is 0 Å². The lowest BCUT2D eigenvalue weighted by atomic mass is 9.92. The van der Waals surface area contributed by atoms with E-state index in [1.54, 1.807) is 6.20 Å². The van der Waals surface area contributed by atoms with Gasteiger partial charge in [0.25, 0.3) is 5.91 Å². The fraction of sp³-hybridized carbons (Fsp3) is 0.429. The van der Waals surface area contributed by atoms with Crippen molar-refractivity contribution < 1.29 is 9.90 Å². The van der Waals surface area contributed by atoms with E-state index in [2.05, 4.69) is 10.3 Å². The molecule has 1 aliphatic rings. The van der Waals surface area contributed by atoms with E-state index >= 15 is 0 Å². The van der Waals surface area contributed by atoms with E-state index in [1.807, 2.05) is 28.8 Å². The Morgan fingerprint density at radius 3 is 3.00 bits per heavy atom. The third kappa shape index (κ3) is 2.46. The summed E-state index contributed by atoms with van der Waals surface area (Å²) >= 11 is 0. The van der Waals surface area contributed by atoms with Crippen molar-refractivity contribution in [2.75, 3.05) is 0 Å². The van der Waals surface area contributed by atoms with E-state index in [-0.39, 0.29) is 11.9 Å². The summed E-state index contributed by atoms with van der Waals surface area (Å²) in [5.74, 6) is -0.213. The van der Waals surface area contributed by atoms with Crippen LogP contribution in [0.3, 0.4) is 0 Å². The molecule has 2 unspecified atom stereocenters. The number of imidazole rings is 1. The van der Waals surface area contributed by atoms with Crippen LogP contribution in [-0.2, 0) is 0 Å². The van der Waals surface area contributed by atoms with Gasteiger partial charge in [-0.05, 0) is 25.0 Å². The number of hydrogen-bond acceptors (Lipinski definition) is 3. The number of amides is 1. The highest BCUT2D eigenvalue weighted by Gasteiger charge is 2.25. The van der Waals surface area contributed by atoms with Gasteiger partial charge in [-0.15, -0.1) is 0 Å². The van der Waals surface area contributed by atoms with Gasteiger partial charge in [-0.25, -0.2) is 4.98 Å². The maximum absolute atomic E-state index is 12.1. The van der Waals surface area contributed by atoms with Crippen molar-refractivity contribution in [1.82, 2.24) is 14.7 Å². The Morgan fingerprint density at radius 1 is 1.37 bits per heavy atom. The van der Waals surface area contributed by atoms with Crippen molar-refractivity contribution in [1.29, 1.82) is 0 Å². The number of hydrogen-bond donors (Lipinski definition) is 2. The summed E-state index contributed by atoms with van der Waals surface area (Å²) < 4.78 is 1.81. The number of aliphatic hydroxyl groups excluding tert-OH is 1. The molecule has 2 heterocycles. The number of nitrogens with zero attached hydrogens (tertiary/aromatic N) is 2. The normalized spacial score (nSPS) is 23.4.